The van der Waals surface area contributed by atoms with Crippen LogP contribution in [0.3, 0.4) is 0 Å². The number of carbonyl (C=O) groups is 1. The standard InChI is InChI=1S/C44H36N6O3/c51-31-48(40-23-13-27-52-40)37-21-12-14-32(28-37)42-38-29-33(24-25-39(38)50(46-42)41-22-10-11-26-53-41)43-45-30-49(47-43)44(34-15-4-1-5-16-34,35-17-6-2-7-18-35)36-19-8-3-9-20-36/h1-9,12-21,23-25,27-31,41H,10-11,22,26H2. The Labute approximate surface area is 306 Å². The zero-order valence-electron chi connectivity index (χ0n) is 28.9. The Hall–Kier alpha value is -6.58. The van der Waals surface area contributed by atoms with E-state index in [4.69, 9.17) is 24.3 Å². The van der Waals surface area contributed by atoms with Gasteiger partial charge < -0.3 is 9.15 Å². The highest BCUT2D eigenvalue weighted by atomic mass is 16.5. The summed E-state index contributed by atoms with van der Waals surface area (Å²) in [6.45, 7) is 0.694. The molecule has 260 valence electrons. The number of hydrogen-bond acceptors (Lipinski definition) is 6. The molecule has 1 amide bonds. The second kappa shape index (κ2) is 13.9. The average molecular weight is 697 g/mol. The number of amides is 1. The molecule has 1 aliphatic heterocycles. The predicted octanol–water partition coefficient (Wildman–Crippen LogP) is 9.39. The number of fused-ring (bicyclic) bond motifs is 1. The Morgan fingerprint density at radius 3 is 2.06 bits per heavy atom. The van der Waals surface area contributed by atoms with Gasteiger partial charge in [-0.2, -0.15) is 5.10 Å². The van der Waals surface area contributed by atoms with Gasteiger partial charge in [-0.25, -0.2) is 14.3 Å². The van der Waals surface area contributed by atoms with Crippen LogP contribution in [0, 0.1) is 0 Å². The molecule has 1 aliphatic rings. The lowest BCUT2D eigenvalue weighted by atomic mass is 9.77. The molecule has 1 unspecified atom stereocenters. The van der Waals surface area contributed by atoms with Gasteiger partial charge in [-0.15, -0.1) is 5.10 Å². The van der Waals surface area contributed by atoms with E-state index >= 15 is 0 Å². The summed E-state index contributed by atoms with van der Waals surface area (Å²) in [5.41, 5.74) is 6.52. The van der Waals surface area contributed by atoms with Crippen molar-refractivity contribution >= 4 is 28.9 Å². The molecule has 4 heterocycles. The first-order valence-electron chi connectivity index (χ1n) is 17.9. The van der Waals surface area contributed by atoms with Crippen molar-refractivity contribution in [1.29, 1.82) is 0 Å². The fourth-order valence-corrected chi connectivity index (χ4v) is 7.57. The molecule has 1 atom stereocenters. The van der Waals surface area contributed by atoms with Crippen molar-refractivity contribution in [1.82, 2.24) is 24.5 Å². The first-order valence-corrected chi connectivity index (χ1v) is 17.9. The lowest BCUT2D eigenvalue weighted by Gasteiger charge is -2.35. The molecule has 8 aromatic rings. The van der Waals surface area contributed by atoms with Crippen molar-refractivity contribution in [2.24, 2.45) is 0 Å². The molecular formula is C44H36N6O3. The van der Waals surface area contributed by atoms with Crippen LogP contribution >= 0.6 is 0 Å². The molecule has 3 aromatic heterocycles. The first-order chi connectivity index (χ1) is 26.2. The van der Waals surface area contributed by atoms with E-state index in [1.54, 1.807) is 18.4 Å². The zero-order chi connectivity index (χ0) is 35.6. The molecule has 9 nitrogen and oxygen atoms in total. The second-order valence-electron chi connectivity index (χ2n) is 13.1. The number of hydrogen-bond donors (Lipinski definition) is 0. The van der Waals surface area contributed by atoms with Crippen LogP contribution in [-0.4, -0.2) is 37.6 Å². The fraction of sp³-hybridized carbons (Fsp3) is 0.136. The third kappa shape index (κ3) is 5.71. The molecule has 9 rings (SSSR count). The third-order valence-corrected chi connectivity index (χ3v) is 10.0. The van der Waals surface area contributed by atoms with E-state index in [0.29, 0.717) is 24.0 Å². The van der Waals surface area contributed by atoms with Gasteiger partial charge >= 0.3 is 0 Å². The number of aromatic nitrogens is 5. The molecule has 0 saturated carbocycles. The molecule has 53 heavy (non-hydrogen) atoms. The third-order valence-electron chi connectivity index (χ3n) is 10.0. The van der Waals surface area contributed by atoms with Crippen molar-refractivity contribution in [3.63, 3.8) is 0 Å². The number of anilines is 2. The van der Waals surface area contributed by atoms with Crippen molar-refractivity contribution in [3.05, 3.63) is 175 Å². The van der Waals surface area contributed by atoms with Crippen LogP contribution in [0.4, 0.5) is 11.6 Å². The molecule has 0 bridgehead atoms. The Balaban J connectivity index is 1.20. The molecule has 9 heteroatoms. The van der Waals surface area contributed by atoms with Gasteiger partial charge in [-0.1, -0.05) is 103 Å². The molecule has 0 N–H and O–H groups in total. The predicted molar refractivity (Wildman–Crippen MR) is 205 cm³/mol. The van der Waals surface area contributed by atoms with E-state index in [1.165, 1.54) is 4.90 Å². The molecule has 5 aromatic carbocycles. The van der Waals surface area contributed by atoms with Gasteiger partial charge in [0.25, 0.3) is 0 Å². The Bertz CT molecular complexity index is 2370. The van der Waals surface area contributed by atoms with Crippen LogP contribution in [-0.2, 0) is 15.1 Å². The average Bonchev–Trinajstić information content (AvgIpc) is 4.02. The molecule has 1 fully saturated rings. The summed E-state index contributed by atoms with van der Waals surface area (Å²) in [6.07, 6.45) is 6.94. The van der Waals surface area contributed by atoms with Crippen LogP contribution in [0.1, 0.15) is 42.2 Å². The quantitative estimate of drug-likeness (QED) is 0.105. The van der Waals surface area contributed by atoms with E-state index in [1.807, 2.05) is 58.2 Å². The maximum Gasteiger partial charge on any atom is 0.221 e. The Morgan fingerprint density at radius 2 is 1.43 bits per heavy atom. The van der Waals surface area contributed by atoms with Gasteiger partial charge in [0, 0.05) is 29.2 Å². The normalized spacial score (nSPS) is 14.7. The SMILES string of the molecule is O=CN(c1cccc(-c2nn(C3CCCCO3)c3ccc(-c4ncn(C(c5ccccc5)(c5ccccc5)c5ccccc5)n4)cc23)c1)c1ccco1. The molecule has 0 spiro atoms. The molecular weight excluding hydrogens is 661 g/mol. The topological polar surface area (TPSA) is 91.2 Å². The van der Waals surface area contributed by atoms with Gasteiger partial charge in [-0.05, 0) is 72.4 Å². The minimum atomic E-state index is -0.785. The monoisotopic (exact) mass is 696 g/mol. The summed E-state index contributed by atoms with van der Waals surface area (Å²) in [7, 11) is 0. The van der Waals surface area contributed by atoms with E-state index in [9.17, 15) is 4.79 Å². The highest BCUT2D eigenvalue weighted by Gasteiger charge is 2.39. The van der Waals surface area contributed by atoms with Crippen molar-refractivity contribution in [2.45, 2.75) is 31.0 Å². The van der Waals surface area contributed by atoms with Crippen molar-refractivity contribution in [2.75, 3.05) is 11.5 Å². The summed E-state index contributed by atoms with van der Waals surface area (Å²) in [4.78, 5) is 18.7. The van der Waals surface area contributed by atoms with E-state index in [0.717, 1.165) is 70.1 Å². The second-order valence-corrected chi connectivity index (χ2v) is 13.1. The number of furan rings is 1. The maximum atomic E-state index is 12.2. The summed E-state index contributed by atoms with van der Waals surface area (Å²) >= 11 is 0. The number of carbonyl (C=O) groups excluding carboxylic acids is 1. The molecule has 0 radical (unpaired) electrons. The van der Waals surface area contributed by atoms with Gasteiger partial charge in [0.05, 0.1) is 17.5 Å². The van der Waals surface area contributed by atoms with E-state index in [-0.39, 0.29) is 6.23 Å². The van der Waals surface area contributed by atoms with Crippen LogP contribution in [0.5, 0.6) is 0 Å². The van der Waals surface area contributed by atoms with Gasteiger partial charge in [0.2, 0.25) is 12.3 Å². The lowest BCUT2D eigenvalue weighted by Crippen LogP contribution is -2.38. The zero-order valence-corrected chi connectivity index (χ0v) is 28.9. The Morgan fingerprint density at radius 1 is 0.717 bits per heavy atom. The lowest BCUT2D eigenvalue weighted by molar-refractivity contribution is -0.107. The number of nitrogens with zero attached hydrogens (tertiary/aromatic N) is 6. The van der Waals surface area contributed by atoms with Gasteiger partial charge in [0.1, 0.15) is 17.6 Å². The summed E-state index contributed by atoms with van der Waals surface area (Å²) in [5.74, 6) is 1.02. The number of benzene rings is 5. The Kier molecular flexibility index (Phi) is 8.45. The van der Waals surface area contributed by atoms with Crippen LogP contribution in [0.2, 0.25) is 0 Å². The van der Waals surface area contributed by atoms with E-state index in [2.05, 4.69) is 91.0 Å². The van der Waals surface area contributed by atoms with Crippen molar-refractivity contribution in [3.8, 4) is 22.6 Å². The minimum Gasteiger partial charge on any atom is -0.448 e. The summed E-state index contributed by atoms with van der Waals surface area (Å²) in [5, 5.41) is 11.4. The van der Waals surface area contributed by atoms with Crippen LogP contribution in [0.15, 0.2) is 163 Å². The van der Waals surface area contributed by atoms with Gasteiger partial charge in [-0.3, -0.25) is 9.69 Å². The van der Waals surface area contributed by atoms with Crippen LogP contribution in [0.25, 0.3) is 33.5 Å². The van der Waals surface area contributed by atoms with Crippen LogP contribution < -0.4 is 4.90 Å². The van der Waals surface area contributed by atoms with Gasteiger partial charge in [0.15, 0.2) is 12.1 Å². The molecule has 1 saturated heterocycles. The summed E-state index contributed by atoms with van der Waals surface area (Å²) < 4.78 is 15.8. The number of rotatable bonds is 10. The first kappa shape index (κ1) is 32.3. The highest BCUT2D eigenvalue weighted by molar-refractivity contribution is 5.97. The smallest absolute Gasteiger partial charge is 0.221 e. The molecule has 0 aliphatic carbocycles. The number of ether oxygens (including phenoxy) is 1. The van der Waals surface area contributed by atoms with E-state index < -0.39 is 5.54 Å². The largest absolute Gasteiger partial charge is 0.448 e. The maximum absolute atomic E-state index is 12.2. The highest BCUT2D eigenvalue weighted by Crippen LogP contribution is 2.41. The van der Waals surface area contributed by atoms with Crippen molar-refractivity contribution < 1.29 is 13.9 Å². The minimum absolute atomic E-state index is 0.177. The summed E-state index contributed by atoms with van der Waals surface area (Å²) in [6, 6.07) is 48.9. The fourth-order valence-electron chi connectivity index (χ4n) is 7.57.